The fourth-order valence-corrected chi connectivity index (χ4v) is 3.89. The van der Waals surface area contributed by atoms with Crippen LogP contribution in [0.25, 0.3) is 5.70 Å². The summed E-state index contributed by atoms with van der Waals surface area (Å²) < 4.78 is 11.5. The normalized spacial score (nSPS) is 15.8. The molecule has 6 nitrogen and oxygen atoms in total. The second kappa shape index (κ2) is 12.3. The number of fused-ring (bicyclic) bond motifs is 1. The number of hydrogen-bond acceptors (Lipinski definition) is 7. The molecule has 0 aliphatic carbocycles. The number of nitriles is 1. The minimum atomic E-state index is -0.537. The summed E-state index contributed by atoms with van der Waals surface area (Å²) in [7, 11) is 0. The number of allylic oxidation sites excluding steroid dienone is 1. The summed E-state index contributed by atoms with van der Waals surface area (Å²) in [5.74, 6) is 1.87. The van der Waals surface area contributed by atoms with Crippen LogP contribution in [0.1, 0.15) is 45.7 Å². The molecule has 0 amide bonds. The van der Waals surface area contributed by atoms with Gasteiger partial charge in [-0.1, -0.05) is 0 Å². The Labute approximate surface area is 190 Å². The second-order valence-corrected chi connectivity index (χ2v) is 8.94. The fraction of sp³-hybridized carbons (Fsp3) is 0.591. The van der Waals surface area contributed by atoms with Crippen molar-refractivity contribution in [2.45, 2.75) is 52.7 Å². The van der Waals surface area contributed by atoms with E-state index < -0.39 is 6.10 Å². The zero-order chi connectivity index (χ0) is 21.4. The lowest BCUT2D eigenvalue weighted by atomic mass is 9.97. The van der Waals surface area contributed by atoms with Gasteiger partial charge in [-0.15, -0.1) is 24.2 Å². The first-order valence-corrected chi connectivity index (χ1v) is 11.1. The van der Waals surface area contributed by atoms with Crippen LogP contribution in [0.4, 0.5) is 0 Å². The highest BCUT2D eigenvalue weighted by atomic mass is 35.5. The highest BCUT2D eigenvalue weighted by Gasteiger charge is 2.22. The number of aliphatic hydroxyl groups is 1. The van der Waals surface area contributed by atoms with E-state index in [9.17, 15) is 10.4 Å². The summed E-state index contributed by atoms with van der Waals surface area (Å²) in [5, 5.41) is 26.7. The highest BCUT2D eigenvalue weighted by molar-refractivity contribution is 8.03. The number of rotatable bonds is 9. The molecular weight excluding hydrogens is 422 g/mol. The van der Waals surface area contributed by atoms with Crippen molar-refractivity contribution in [1.82, 2.24) is 10.6 Å². The van der Waals surface area contributed by atoms with Crippen LogP contribution in [0.15, 0.2) is 17.0 Å². The predicted octanol–water partition coefficient (Wildman–Crippen LogP) is 3.73. The van der Waals surface area contributed by atoms with Crippen molar-refractivity contribution >= 4 is 29.9 Å². The highest BCUT2D eigenvalue weighted by Crippen LogP contribution is 2.37. The Balaban J connectivity index is 0.00000450. The molecule has 30 heavy (non-hydrogen) atoms. The van der Waals surface area contributed by atoms with E-state index in [0.29, 0.717) is 36.2 Å². The summed E-state index contributed by atoms with van der Waals surface area (Å²) in [4.78, 5) is 0.576. The molecule has 1 aromatic rings. The Morgan fingerprint density at radius 2 is 1.90 bits per heavy atom. The maximum atomic E-state index is 10.3. The summed E-state index contributed by atoms with van der Waals surface area (Å²) in [6.45, 7) is 12.4. The van der Waals surface area contributed by atoms with Gasteiger partial charge in [0.2, 0.25) is 0 Å². The van der Waals surface area contributed by atoms with E-state index >= 15 is 0 Å². The van der Waals surface area contributed by atoms with Gasteiger partial charge >= 0.3 is 0 Å². The number of β-amino-alcohol motifs (C(OH)–C–C–N with tert-alkyl or cyclic N) is 1. The lowest BCUT2D eigenvalue weighted by Gasteiger charge is -2.25. The average Bonchev–Trinajstić information content (AvgIpc) is 2.67. The SMILES string of the molecule is CCOc1cc2c(cc1OCC)C(=C(C#N)SCC(O)CNC(C)(C)C)NCC2.Cl. The third kappa shape index (κ3) is 7.59. The molecule has 0 aromatic heterocycles. The van der Waals surface area contributed by atoms with E-state index in [-0.39, 0.29) is 17.9 Å². The van der Waals surface area contributed by atoms with Gasteiger partial charge < -0.3 is 25.2 Å². The first kappa shape index (κ1) is 26.4. The number of nitrogens with zero attached hydrogens (tertiary/aromatic N) is 1. The van der Waals surface area contributed by atoms with Gasteiger partial charge in [0.1, 0.15) is 11.0 Å². The predicted molar refractivity (Wildman–Crippen MR) is 126 cm³/mol. The molecule has 1 atom stereocenters. The van der Waals surface area contributed by atoms with Crippen molar-refractivity contribution in [3.05, 3.63) is 28.2 Å². The average molecular weight is 456 g/mol. The third-order valence-corrected chi connectivity index (χ3v) is 5.49. The van der Waals surface area contributed by atoms with E-state index in [2.05, 4.69) is 37.5 Å². The summed E-state index contributed by atoms with van der Waals surface area (Å²) in [6.07, 6.45) is 0.317. The van der Waals surface area contributed by atoms with Crippen LogP contribution in [0, 0.1) is 11.3 Å². The van der Waals surface area contributed by atoms with Gasteiger partial charge in [0.15, 0.2) is 11.5 Å². The number of hydrogen-bond donors (Lipinski definition) is 3. The number of ether oxygens (including phenoxy) is 2. The van der Waals surface area contributed by atoms with Gasteiger partial charge in [0.05, 0.1) is 25.0 Å². The van der Waals surface area contributed by atoms with Gasteiger partial charge in [-0.2, -0.15) is 5.26 Å². The molecular formula is C22H34ClN3O3S. The fourth-order valence-electron chi connectivity index (χ4n) is 3.02. The molecule has 3 N–H and O–H groups in total. The minimum Gasteiger partial charge on any atom is -0.490 e. The second-order valence-electron chi connectivity index (χ2n) is 7.91. The Kier molecular flexibility index (Phi) is 10.9. The summed E-state index contributed by atoms with van der Waals surface area (Å²) >= 11 is 1.38. The van der Waals surface area contributed by atoms with Crippen molar-refractivity contribution in [3.63, 3.8) is 0 Å². The van der Waals surface area contributed by atoms with Gasteiger partial charge in [0, 0.05) is 29.9 Å². The molecule has 1 aliphatic rings. The van der Waals surface area contributed by atoms with Gasteiger partial charge in [-0.25, -0.2) is 0 Å². The van der Waals surface area contributed by atoms with E-state index in [1.165, 1.54) is 11.8 Å². The number of thioether (sulfide) groups is 1. The van der Waals surface area contributed by atoms with Crippen molar-refractivity contribution in [3.8, 4) is 17.6 Å². The van der Waals surface area contributed by atoms with Crippen LogP contribution in [0.5, 0.6) is 11.5 Å². The van der Waals surface area contributed by atoms with Crippen LogP contribution in [0.2, 0.25) is 0 Å². The topological polar surface area (TPSA) is 86.5 Å². The smallest absolute Gasteiger partial charge is 0.161 e. The maximum Gasteiger partial charge on any atom is 0.161 e. The molecule has 168 valence electrons. The molecule has 1 unspecified atom stereocenters. The minimum absolute atomic E-state index is 0. The molecule has 1 aliphatic heterocycles. The standard InChI is InChI=1S/C22H33N3O3S.ClH/c1-6-27-18-10-15-8-9-24-21(17(15)11-19(18)28-7-2)20(12-23)29-14-16(26)13-25-22(3,4)5;/h10-11,16,24-26H,6-9,13-14H2,1-5H3;1H. The van der Waals surface area contributed by atoms with E-state index in [1.54, 1.807) is 0 Å². The molecule has 1 aromatic carbocycles. The third-order valence-electron chi connectivity index (χ3n) is 4.35. The van der Waals surface area contributed by atoms with E-state index in [4.69, 9.17) is 9.47 Å². The zero-order valence-electron chi connectivity index (χ0n) is 18.5. The molecule has 0 spiro atoms. The molecule has 0 radical (unpaired) electrons. The number of halogens is 1. The molecule has 1 heterocycles. The van der Waals surface area contributed by atoms with Crippen LogP contribution < -0.4 is 20.1 Å². The zero-order valence-corrected chi connectivity index (χ0v) is 20.1. The number of nitrogens with one attached hydrogen (secondary N) is 2. The van der Waals surface area contributed by atoms with Crippen molar-refractivity contribution in [2.75, 3.05) is 32.1 Å². The monoisotopic (exact) mass is 455 g/mol. The van der Waals surface area contributed by atoms with Crippen molar-refractivity contribution < 1.29 is 14.6 Å². The first-order chi connectivity index (χ1) is 13.8. The van der Waals surface area contributed by atoms with E-state index in [0.717, 1.165) is 35.5 Å². The van der Waals surface area contributed by atoms with Crippen molar-refractivity contribution in [2.24, 2.45) is 0 Å². The van der Waals surface area contributed by atoms with Gasteiger partial charge in [0.25, 0.3) is 0 Å². The Morgan fingerprint density at radius 1 is 1.27 bits per heavy atom. The van der Waals surface area contributed by atoms with Crippen LogP contribution in [-0.2, 0) is 6.42 Å². The van der Waals surface area contributed by atoms with E-state index in [1.807, 2.05) is 26.0 Å². The van der Waals surface area contributed by atoms with Crippen LogP contribution >= 0.6 is 24.2 Å². The van der Waals surface area contributed by atoms with Crippen LogP contribution in [-0.4, -0.2) is 48.8 Å². The lowest BCUT2D eigenvalue weighted by Crippen LogP contribution is -2.41. The Morgan fingerprint density at radius 3 is 2.47 bits per heavy atom. The maximum absolute atomic E-state index is 10.3. The largest absolute Gasteiger partial charge is 0.490 e. The number of benzene rings is 1. The molecule has 0 fully saturated rings. The Bertz CT molecular complexity index is 772. The molecule has 0 saturated heterocycles. The van der Waals surface area contributed by atoms with Crippen LogP contribution in [0.3, 0.4) is 0 Å². The number of aliphatic hydroxyl groups excluding tert-OH is 1. The molecule has 8 heteroatoms. The quantitative estimate of drug-likeness (QED) is 0.489. The molecule has 0 saturated carbocycles. The molecule has 2 rings (SSSR count). The first-order valence-electron chi connectivity index (χ1n) is 10.2. The summed E-state index contributed by atoms with van der Waals surface area (Å²) in [6, 6.07) is 6.29. The molecule has 0 bridgehead atoms. The Hall–Kier alpha value is -1.59. The lowest BCUT2D eigenvalue weighted by molar-refractivity contribution is 0.183. The van der Waals surface area contributed by atoms with Crippen molar-refractivity contribution in [1.29, 1.82) is 5.26 Å². The summed E-state index contributed by atoms with van der Waals surface area (Å²) in [5.41, 5.74) is 2.85. The van der Waals surface area contributed by atoms with Gasteiger partial charge in [-0.05, 0) is 58.7 Å². The van der Waals surface area contributed by atoms with Gasteiger partial charge in [-0.3, -0.25) is 0 Å².